The number of benzene rings is 1. The van der Waals surface area contributed by atoms with Gasteiger partial charge in [-0.05, 0) is 40.4 Å². The molecule has 0 radical (unpaired) electrons. The molecule has 1 aromatic carbocycles. The van der Waals surface area contributed by atoms with Crippen LogP contribution in [0.2, 0.25) is 0 Å². The van der Waals surface area contributed by atoms with E-state index in [1.54, 1.807) is 0 Å². The lowest BCUT2D eigenvalue weighted by Gasteiger charge is -2.37. The molecule has 3 heteroatoms. The van der Waals surface area contributed by atoms with E-state index in [9.17, 15) is 15.0 Å². The number of carboxylic acid groups (broad SMARTS) is 1. The summed E-state index contributed by atoms with van der Waals surface area (Å²) < 4.78 is 0. The fourth-order valence-corrected chi connectivity index (χ4v) is 7.32. The molecular weight excluding hydrogens is 564 g/mol. The molecule has 1 rings (SSSR count). The van der Waals surface area contributed by atoms with Crippen molar-refractivity contribution < 1.29 is 15.0 Å². The molecule has 268 valence electrons. The van der Waals surface area contributed by atoms with Crippen molar-refractivity contribution >= 4 is 5.97 Å². The number of carboxylic acids is 1. The number of hydrogen-bond donors (Lipinski definition) is 2. The van der Waals surface area contributed by atoms with Gasteiger partial charge in [-0.25, -0.2) is 0 Å². The van der Waals surface area contributed by atoms with Crippen LogP contribution < -0.4 is 0 Å². The SMILES string of the molecule is CCCCCCCCCCCCCC(CCCCCCCCCCCCC)(CC(=O)O)c1cc(C(C)(C)C)c(O)c(C(C)(C)C)c1. The molecule has 2 N–H and O–H groups in total. The second kappa shape index (κ2) is 23.0. The molecule has 1 aromatic rings. The molecule has 0 saturated heterocycles. The van der Waals surface area contributed by atoms with Gasteiger partial charge in [-0.15, -0.1) is 0 Å². The van der Waals surface area contributed by atoms with Crippen LogP contribution in [0.25, 0.3) is 0 Å². The first kappa shape index (κ1) is 42.5. The maximum Gasteiger partial charge on any atom is 0.304 e. The fraction of sp³-hybridized carbons (Fsp3) is 0.837. The lowest BCUT2D eigenvalue weighted by molar-refractivity contribution is -0.138. The van der Waals surface area contributed by atoms with Crippen molar-refractivity contribution in [1.82, 2.24) is 0 Å². The summed E-state index contributed by atoms with van der Waals surface area (Å²) in [6, 6.07) is 4.37. The highest BCUT2D eigenvalue weighted by Crippen LogP contribution is 2.46. The summed E-state index contributed by atoms with van der Waals surface area (Å²) in [5.74, 6) is -0.314. The number of phenolic OH excluding ortho intramolecular Hbond substituents is 1. The molecule has 0 atom stereocenters. The van der Waals surface area contributed by atoms with Crippen LogP contribution in [0, 0.1) is 0 Å². The van der Waals surface area contributed by atoms with Crippen molar-refractivity contribution in [3.63, 3.8) is 0 Å². The predicted molar refractivity (Wildman–Crippen MR) is 202 cm³/mol. The Balaban J connectivity index is 3.06. The van der Waals surface area contributed by atoms with Gasteiger partial charge in [-0.1, -0.05) is 209 Å². The van der Waals surface area contributed by atoms with Gasteiger partial charge in [0.1, 0.15) is 5.75 Å². The van der Waals surface area contributed by atoms with E-state index in [4.69, 9.17) is 0 Å². The van der Waals surface area contributed by atoms with Crippen LogP contribution in [-0.4, -0.2) is 16.2 Å². The van der Waals surface area contributed by atoms with E-state index < -0.39 is 11.4 Å². The highest BCUT2D eigenvalue weighted by atomic mass is 16.4. The zero-order chi connectivity index (χ0) is 34.5. The van der Waals surface area contributed by atoms with Gasteiger partial charge in [0.15, 0.2) is 0 Å². The van der Waals surface area contributed by atoms with E-state index in [1.807, 2.05) is 0 Å². The number of hydrogen-bond acceptors (Lipinski definition) is 2. The normalized spacial score (nSPS) is 12.6. The van der Waals surface area contributed by atoms with Gasteiger partial charge >= 0.3 is 5.97 Å². The van der Waals surface area contributed by atoms with E-state index in [0.717, 1.165) is 42.4 Å². The highest BCUT2D eigenvalue weighted by Gasteiger charge is 2.37. The average Bonchev–Trinajstić information content (AvgIpc) is 2.97. The summed E-state index contributed by atoms with van der Waals surface area (Å²) in [6.07, 6.45) is 30.5. The van der Waals surface area contributed by atoms with Crippen LogP contribution in [0.1, 0.15) is 233 Å². The summed E-state index contributed by atoms with van der Waals surface area (Å²) in [7, 11) is 0. The Morgan fingerprint density at radius 3 is 1.07 bits per heavy atom. The molecule has 46 heavy (non-hydrogen) atoms. The second-order valence-electron chi connectivity index (χ2n) is 16.8. The van der Waals surface area contributed by atoms with E-state index in [2.05, 4.69) is 67.5 Å². The van der Waals surface area contributed by atoms with E-state index in [0.29, 0.717) is 5.75 Å². The van der Waals surface area contributed by atoms with Gasteiger partial charge in [0, 0.05) is 5.41 Å². The number of aromatic hydroxyl groups is 1. The van der Waals surface area contributed by atoms with Crippen molar-refractivity contribution in [2.45, 2.75) is 232 Å². The number of unbranched alkanes of at least 4 members (excludes halogenated alkanes) is 20. The van der Waals surface area contributed by atoms with Crippen molar-refractivity contribution in [2.24, 2.45) is 0 Å². The molecule has 3 nitrogen and oxygen atoms in total. The monoisotopic (exact) mass is 643 g/mol. The zero-order valence-corrected chi connectivity index (χ0v) is 32.1. The predicted octanol–water partition coefficient (Wildman–Crippen LogP) is 14.1. The Bertz CT molecular complexity index is 871. The largest absolute Gasteiger partial charge is 0.507 e. The summed E-state index contributed by atoms with van der Waals surface area (Å²) in [4.78, 5) is 12.6. The Morgan fingerprint density at radius 1 is 0.522 bits per heavy atom. The molecule has 0 unspecified atom stereocenters. The first-order chi connectivity index (χ1) is 21.8. The second-order valence-corrected chi connectivity index (χ2v) is 16.8. The number of rotatable bonds is 27. The van der Waals surface area contributed by atoms with Gasteiger partial charge in [-0.2, -0.15) is 0 Å². The van der Waals surface area contributed by atoms with Crippen molar-refractivity contribution in [1.29, 1.82) is 0 Å². The third-order valence-electron chi connectivity index (χ3n) is 10.3. The minimum Gasteiger partial charge on any atom is -0.507 e. The van der Waals surface area contributed by atoms with Gasteiger partial charge in [0.25, 0.3) is 0 Å². The first-order valence-electron chi connectivity index (χ1n) is 19.9. The Kier molecular flexibility index (Phi) is 21.2. The molecule has 0 aliphatic heterocycles. The van der Waals surface area contributed by atoms with Gasteiger partial charge in [0.2, 0.25) is 0 Å². The molecule has 0 bridgehead atoms. The maximum atomic E-state index is 12.6. The van der Waals surface area contributed by atoms with Crippen LogP contribution >= 0.6 is 0 Å². The highest BCUT2D eigenvalue weighted by molar-refractivity contribution is 5.69. The van der Waals surface area contributed by atoms with Crippen molar-refractivity contribution in [3.05, 3.63) is 28.8 Å². The number of aliphatic carboxylic acids is 1. The van der Waals surface area contributed by atoms with Crippen LogP contribution in [0.5, 0.6) is 5.75 Å². The summed E-state index contributed by atoms with van der Waals surface area (Å²) >= 11 is 0. The quantitative estimate of drug-likeness (QED) is 0.0939. The average molecular weight is 643 g/mol. The lowest BCUT2D eigenvalue weighted by atomic mass is 9.67. The summed E-state index contributed by atoms with van der Waals surface area (Å²) in [6.45, 7) is 17.5. The third kappa shape index (κ3) is 17.1. The minimum absolute atomic E-state index is 0.167. The van der Waals surface area contributed by atoms with E-state index in [-0.39, 0.29) is 17.3 Å². The van der Waals surface area contributed by atoms with Crippen LogP contribution in [0.15, 0.2) is 12.1 Å². The van der Waals surface area contributed by atoms with Gasteiger partial charge < -0.3 is 10.2 Å². The Hall–Kier alpha value is -1.51. The smallest absolute Gasteiger partial charge is 0.304 e. The zero-order valence-electron chi connectivity index (χ0n) is 32.1. The summed E-state index contributed by atoms with van der Waals surface area (Å²) in [5, 5.41) is 21.8. The van der Waals surface area contributed by atoms with Crippen molar-refractivity contribution in [3.8, 4) is 5.75 Å². The van der Waals surface area contributed by atoms with Gasteiger partial charge in [-0.3, -0.25) is 4.79 Å². The standard InChI is InChI=1S/C43H78O3/c1-9-11-13-15-17-19-21-23-25-27-29-31-43(35-39(44)45,32-30-28-26-24-22-20-18-16-14-12-10-2)36-33-37(41(3,4)5)40(46)38(34-36)42(6,7)8/h33-34,46H,9-32,35H2,1-8H3,(H,44,45). The maximum absolute atomic E-state index is 12.6. The Labute approximate surface area is 287 Å². The van der Waals surface area contributed by atoms with Crippen molar-refractivity contribution in [2.75, 3.05) is 0 Å². The van der Waals surface area contributed by atoms with Crippen LogP contribution in [0.4, 0.5) is 0 Å². The minimum atomic E-state index is -0.700. The molecule has 0 fully saturated rings. The Morgan fingerprint density at radius 2 is 0.804 bits per heavy atom. The first-order valence-corrected chi connectivity index (χ1v) is 19.9. The molecule has 0 amide bonds. The topological polar surface area (TPSA) is 57.5 Å². The molecular formula is C43H78O3. The molecule has 0 aromatic heterocycles. The molecule has 0 aliphatic rings. The molecule has 0 heterocycles. The van der Waals surface area contributed by atoms with Crippen LogP contribution in [0.3, 0.4) is 0 Å². The lowest BCUT2D eigenvalue weighted by Crippen LogP contribution is -2.31. The van der Waals surface area contributed by atoms with E-state index >= 15 is 0 Å². The summed E-state index contributed by atoms with van der Waals surface area (Å²) in [5.41, 5.74) is 2.16. The third-order valence-corrected chi connectivity index (χ3v) is 10.3. The fourth-order valence-electron chi connectivity index (χ4n) is 7.32. The van der Waals surface area contributed by atoms with Crippen LogP contribution in [-0.2, 0) is 21.0 Å². The molecule has 0 saturated carbocycles. The van der Waals surface area contributed by atoms with E-state index in [1.165, 1.54) is 128 Å². The molecule has 0 aliphatic carbocycles. The number of carbonyl (C=O) groups is 1. The number of phenols is 1. The van der Waals surface area contributed by atoms with Gasteiger partial charge in [0.05, 0.1) is 6.42 Å². The molecule has 0 spiro atoms.